The monoisotopic (exact) mass is 254 g/mol. The van der Waals surface area contributed by atoms with E-state index in [2.05, 4.69) is 10.3 Å². The molecule has 2 rings (SSSR count). The number of ether oxygens (including phenoxy) is 2. The number of rotatable bonds is 6. The second-order valence-electron chi connectivity index (χ2n) is 4.34. The van der Waals surface area contributed by atoms with E-state index in [1.165, 1.54) is 0 Å². The van der Waals surface area contributed by atoms with Gasteiger partial charge in [-0.15, -0.1) is 5.10 Å². The molecule has 1 aromatic rings. The van der Waals surface area contributed by atoms with Crippen molar-refractivity contribution in [3.8, 4) is 0 Å². The maximum absolute atomic E-state index is 11.0. The van der Waals surface area contributed by atoms with Crippen LogP contribution in [0.1, 0.15) is 23.7 Å². The zero-order valence-electron chi connectivity index (χ0n) is 10.5. The van der Waals surface area contributed by atoms with E-state index in [-0.39, 0.29) is 12.3 Å². The highest BCUT2D eigenvalue weighted by atomic mass is 16.5. The van der Waals surface area contributed by atoms with Gasteiger partial charge in [-0.3, -0.25) is 4.79 Å². The van der Waals surface area contributed by atoms with E-state index >= 15 is 0 Å². The fourth-order valence-electron chi connectivity index (χ4n) is 2.19. The third-order valence-electron chi connectivity index (χ3n) is 3.01. The highest BCUT2D eigenvalue weighted by molar-refractivity contribution is 5.76. The molecule has 1 aromatic heterocycles. The van der Waals surface area contributed by atoms with Gasteiger partial charge in [-0.05, 0) is 6.42 Å². The lowest BCUT2D eigenvalue weighted by atomic mass is 10.0. The molecule has 1 aliphatic heterocycles. The predicted molar refractivity (Wildman–Crippen MR) is 63.0 cm³/mol. The lowest BCUT2D eigenvalue weighted by molar-refractivity contribution is -0.117. The van der Waals surface area contributed by atoms with Crippen molar-refractivity contribution >= 4 is 5.91 Å². The Morgan fingerprint density at radius 2 is 2.50 bits per heavy atom. The van der Waals surface area contributed by atoms with Gasteiger partial charge in [0, 0.05) is 19.6 Å². The highest BCUT2D eigenvalue weighted by Gasteiger charge is 2.26. The van der Waals surface area contributed by atoms with Crippen molar-refractivity contribution in [2.45, 2.75) is 25.3 Å². The molecule has 0 saturated carbocycles. The van der Waals surface area contributed by atoms with Gasteiger partial charge in [0.05, 0.1) is 37.6 Å². The molecule has 2 N–H and O–H groups in total. The molecule has 18 heavy (non-hydrogen) atoms. The second kappa shape index (κ2) is 5.92. The molecular formula is C11H18N4O3. The van der Waals surface area contributed by atoms with E-state index in [1.807, 2.05) is 0 Å². The zero-order chi connectivity index (χ0) is 13.0. The number of nitrogens with zero attached hydrogens (tertiary/aromatic N) is 3. The predicted octanol–water partition coefficient (Wildman–Crippen LogP) is -0.544. The SMILES string of the molecule is COCCn1nnc(CC(N)=O)c1C1CCOC1. The first-order chi connectivity index (χ1) is 8.72. The lowest BCUT2D eigenvalue weighted by Crippen LogP contribution is -2.18. The Bertz CT molecular complexity index is 412. The first-order valence-corrected chi connectivity index (χ1v) is 5.99. The van der Waals surface area contributed by atoms with E-state index < -0.39 is 5.91 Å². The molecule has 0 aromatic carbocycles. The van der Waals surface area contributed by atoms with Crippen LogP contribution in [0.3, 0.4) is 0 Å². The third-order valence-corrected chi connectivity index (χ3v) is 3.01. The Kier molecular flexibility index (Phi) is 4.27. The molecule has 100 valence electrons. The van der Waals surface area contributed by atoms with E-state index in [0.717, 1.165) is 18.7 Å². The van der Waals surface area contributed by atoms with Crippen molar-refractivity contribution < 1.29 is 14.3 Å². The molecule has 7 nitrogen and oxygen atoms in total. The Morgan fingerprint density at radius 3 is 3.11 bits per heavy atom. The van der Waals surface area contributed by atoms with Crippen LogP contribution in [0.25, 0.3) is 0 Å². The summed E-state index contributed by atoms with van der Waals surface area (Å²) in [7, 11) is 1.64. The third kappa shape index (κ3) is 2.85. The van der Waals surface area contributed by atoms with E-state index in [4.69, 9.17) is 15.2 Å². The van der Waals surface area contributed by atoms with Crippen LogP contribution >= 0.6 is 0 Å². The number of carbonyl (C=O) groups is 1. The molecule has 1 fully saturated rings. The maximum Gasteiger partial charge on any atom is 0.223 e. The van der Waals surface area contributed by atoms with Gasteiger partial charge in [-0.25, -0.2) is 4.68 Å². The molecule has 2 heterocycles. The molecule has 0 bridgehead atoms. The largest absolute Gasteiger partial charge is 0.383 e. The summed E-state index contributed by atoms with van der Waals surface area (Å²) in [5.41, 5.74) is 6.85. The van der Waals surface area contributed by atoms with Gasteiger partial charge in [-0.2, -0.15) is 0 Å². The summed E-state index contributed by atoms with van der Waals surface area (Å²) in [5, 5.41) is 8.13. The van der Waals surface area contributed by atoms with E-state index in [0.29, 0.717) is 25.5 Å². The number of carbonyl (C=O) groups excluding carboxylic acids is 1. The summed E-state index contributed by atoms with van der Waals surface area (Å²) >= 11 is 0. The highest BCUT2D eigenvalue weighted by Crippen LogP contribution is 2.27. The smallest absolute Gasteiger partial charge is 0.223 e. The van der Waals surface area contributed by atoms with Crippen LogP contribution in [0.5, 0.6) is 0 Å². The van der Waals surface area contributed by atoms with E-state index in [9.17, 15) is 4.79 Å². The topological polar surface area (TPSA) is 92.3 Å². The van der Waals surface area contributed by atoms with Crippen LogP contribution in [0, 0.1) is 0 Å². The van der Waals surface area contributed by atoms with Gasteiger partial charge in [0.1, 0.15) is 0 Å². The Morgan fingerprint density at radius 1 is 1.67 bits per heavy atom. The van der Waals surface area contributed by atoms with Crippen LogP contribution in [-0.2, 0) is 27.2 Å². The molecule has 1 saturated heterocycles. The van der Waals surface area contributed by atoms with E-state index in [1.54, 1.807) is 11.8 Å². The van der Waals surface area contributed by atoms with Crippen molar-refractivity contribution in [3.63, 3.8) is 0 Å². The summed E-state index contributed by atoms with van der Waals surface area (Å²) in [6.45, 7) is 2.55. The van der Waals surface area contributed by atoms with Crippen molar-refractivity contribution in [3.05, 3.63) is 11.4 Å². The lowest BCUT2D eigenvalue weighted by Gasteiger charge is -2.12. The van der Waals surface area contributed by atoms with Gasteiger partial charge >= 0.3 is 0 Å². The molecule has 0 aliphatic carbocycles. The Hall–Kier alpha value is -1.47. The fraction of sp³-hybridized carbons (Fsp3) is 0.727. The average molecular weight is 254 g/mol. The van der Waals surface area contributed by atoms with Crippen LogP contribution in [0.15, 0.2) is 0 Å². The first-order valence-electron chi connectivity index (χ1n) is 5.99. The van der Waals surface area contributed by atoms with Gasteiger partial charge in [-0.1, -0.05) is 5.21 Å². The second-order valence-corrected chi connectivity index (χ2v) is 4.34. The molecule has 1 amide bonds. The minimum absolute atomic E-state index is 0.124. The minimum Gasteiger partial charge on any atom is -0.383 e. The molecule has 1 unspecified atom stereocenters. The number of nitrogens with two attached hydrogens (primary N) is 1. The van der Waals surface area contributed by atoms with Crippen LogP contribution in [-0.4, -0.2) is 47.8 Å². The number of methoxy groups -OCH3 is 1. The Labute approximate surface area is 105 Å². The molecule has 1 atom stereocenters. The quantitative estimate of drug-likeness (QED) is 0.735. The van der Waals surface area contributed by atoms with Gasteiger partial charge in [0.15, 0.2) is 0 Å². The standard InChI is InChI=1S/C11H18N4O3/c1-17-5-3-15-11(8-2-4-18-7-8)9(13-14-15)6-10(12)16/h8H,2-7H2,1H3,(H2,12,16). The molecule has 7 heteroatoms. The minimum atomic E-state index is -0.394. The number of hydrogen-bond acceptors (Lipinski definition) is 5. The number of primary amides is 1. The van der Waals surface area contributed by atoms with Gasteiger partial charge < -0.3 is 15.2 Å². The fourth-order valence-corrected chi connectivity index (χ4v) is 2.19. The summed E-state index contributed by atoms with van der Waals surface area (Å²) in [6.07, 6.45) is 1.05. The van der Waals surface area contributed by atoms with Gasteiger partial charge in [0.25, 0.3) is 0 Å². The van der Waals surface area contributed by atoms with Crippen molar-refractivity contribution in [2.24, 2.45) is 5.73 Å². The molecule has 1 aliphatic rings. The number of aromatic nitrogens is 3. The number of amides is 1. The van der Waals surface area contributed by atoms with Gasteiger partial charge in [0.2, 0.25) is 5.91 Å². The molecule has 0 radical (unpaired) electrons. The van der Waals surface area contributed by atoms with Crippen LogP contribution < -0.4 is 5.73 Å². The van der Waals surface area contributed by atoms with Crippen molar-refractivity contribution in [2.75, 3.05) is 26.9 Å². The number of hydrogen-bond donors (Lipinski definition) is 1. The summed E-state index contributed by atoms with van der Waals surface area (Å²) in [5.74, 6) is -0.153. The van der Waals surface area contributed by atoms with Crippen molar-refractivity contribution in [1.82, 2.24) is 15.0 Å². The first kappa shape index (κ1) is 13.0. The summed E-state index contributed by atoms with van der Waals surface area (Å²) in [4.78, 5) is 11.0. The molecule has 0 spiro atoms. The maximum atomic E-state index is 11.0. The molecular weight excluding hydrogens is 236 g/mol. The summed E-state index contributed by atoms with van der Waals surface area (Å²) in [6, 6.07) is 0. The summed E-state index contributed by atoms with van der Waals surface area (Å²) < 4.78 is 12.2. The zero-order valence-corrected chi connectivity index (χ0v) is 10.5. The Balaban J connectivity index is 2.23. The van der Waals surface area contributed by atoms with Crippen LogP contribution in [0.2, 0.25) is 0 Å². The average Bonchev–Trinajstić information content (AvgIpc) is 2.94. The normalized spacial score (nSPS) is 19.3. The van der Waals surface area contributed by atoms with Crippen LogP contribution in [0.4, 0.5) is 0 Å². The van der Waals surface area contributed by atoms with Crippen molar-refractivity contribution in [1.29, 1.82) is 0 Å².